The predicted molar refractivity (Wildman–Crippen MR) is 58.7 cm³/mol. The average Bonchev–Trinajstić information content (AvgIpc) is 2.16. The molecule has 2 fully saturated rings. The lowest BCUT2D eigenvalue weighted by atomic mass is 9.83. The van der Waals surface area contributed by atoms with Crippen LogP contribution in [-0.4, -0.2) is 23.7 Å². The van der Waals surface area contributed by atoms with Gasteiger partial charge in [-0.05, 0) is 44.6 Å². The lowest BCUT2D eigenvalue weighted by Crippen LogP contribution is -2.39. The summed E-state index contributed by atoms with van der Waals surface area (Å²) in [6.45, 7) is 1.11. The van der Waals surface area contributed by atoms with Crippen molar-refractivity contribution in [2.45, 2.75) is 51.0 Å². The molecule has 2 atom stereocenters. The molecule has 0 heterocycles. The Bertz CT molecular complexity index is 226. The third-order valence-electron chi connectivity index (χ3n) is 3.94. The van der Waals surface area contributed by atoms with Crippen LogP contribution >= 0.6 is 0 Å². The molecule has 0 aliphatic heterocycles. The van der Waals surface area contributed by atoms with Gasteiger partial charge in [-0.25, -0.2) is 0 Å². The molecule has 0 amide bonds. The number of nitrogens with one attached hydrogen (secondary N) is 1. The Morgan fingerprint density at radius 3 is 2.53 bits per heavy atom. The normalized spacial score (nSPS) is 32.3. The third kappa shape index (κ3) is 2.94. The maximum atomic E-state index is 10.9. The van der Waals surface area contributed by atoms with E-state index in [0.717, 1.165) is 38.1 Å². The Morgan fingerprint density at radius 2 is 1.93 bits per heavy atom. The minimum absolute atomic E-state index is 0.0994. The summed E-state index contributed by atoms with van der Waals surface area (Å²) in [6, 6.07) is 0.459. The van der Waals surface area contributed by atoms with Gasteiger partial charge in [0.1, 0.15) is 0 Å². The molecule has 0 aromatic heterocycles. The van der Waals surface area contributed by atoms with Gasteiger partial charge in [-0.15, -0.1) is 0 Å². The molecular weight excluding hydrogens is 190 g/mol. The molecule has 2 aliphatic carbocycles. The first-order valence-corrected chi connectivity index (χ1v) is 6.22. The highest BCUT2D eigenvalue weighted by atomic mass is 16.4. The van der Waals surface area contributed by atoms with Gasteiger partial charge in [0.15, 0.2) is 0 Å². The van der Waals surface area contributed by atoms with Crippen molar-refractivity contribution in [1.29, 1.82) is 0 Å². The largest absolute Gasteiger partial charge is 0.481 e. The summed E-state index contributed by atoms with van der Waals surface area (Å²) in [5, 5.41) is 12.5. The minimum Gasteiger partial charge on any atom is -0.481 e. The number of hydrogen-bond acceptors (Lipinski definition) is 2. The van der Waals surface area contributed by atoms with E-state index in [2.05, 4.69) is 5.32 Å². The third-order valence-corrected chi connectivity index (χ3v) is 3.94. The van der Waals surface area contributed by atoms with Gasteiger partial charge in [-0.1, -0.05) is 12.8 Å². The standard InChI is InChI=1S/C12H21NO2/c14-12(15)10-5-2-6-11(7-10)13-8-9-3-1-4-9/h9-11,13H,1-8H2,(H,14,15). The van der Waals surface area contributed by atoms with Crippen LogP contribution < -0.4 is 5.32 Å². The van der Waals surface area contributed by atoms with Gasteiger partial charge < -0.3 is 10.4 Å². The van der Waals surface area contributed by atoms with E-state index in [1.807, 2.05) is 0 Å². The highest BCUT2D eigenvalue weighted by Crippen LogP contribution is 2.28. The zero-order chi connectivity index (χ0) is 10.7. The van der Waals surface area contributed by atoms with E-state index >= 15 is 0 Å². The van der Waals surface area contributed by atoms with Crippen molar-refractivity contribution in [2.75, 3.05) is 6.54 Å². The number of carbonyl (C=O) groups is 1. The van der Waals surface area contributed by atoms with Gasteiger partial charge in [-0.2, -0.15) is 0 Å². The lowest BCUT2D eigenvalue weighted by Gasteiger charge is -2.31. The molecule has 3 heteroatoms. The molecule has 2 aliphatic rings. The van der Waals surface area contributed by atoms with E-state index in [9.17, 15) is 4.79 Å². The highest BCUT2D eigenvalue weighted by Gasteiger charge is 2.27. The van der Waals surface area contributed by atoms with E-state index < -0.39 is 5.97 Å². The summed E-state index contributed by atoms with van der Waals surface area (Å²) in [7, 11) is 0. The van der Waals surface area contributed by atoms with Crippen LogP contribution in [0.4, 0.5) is 0 Å². The SMILES string of the molecule is O=C(O)C1CCCC(NCC2CCC2)C1. The molecule has 0 aromatic carbocycles. The molecule has 2 rings (SSSR count). The summed E-state index contributed by atoms with van der Waals surface area (Å²) >= 11 is 0. The van der Waals surface area contributed by atoms with E-state index in [1.165, 1.54) is 19.3 Å². The number of carboxylic acid groups (broad SMARTS) is 1. The second kappa shape index (κ2) is 4.97. The van der Waals surface area contributed by atoms with Crippen LogP contribution in [0.1, 0.15) is 44.9 Å². The molecule has 2 N–H and O–H groups in total. The van der Waals surface area contributed by atoms with Gasteiger partial charge in [0, 0.05) is 6.04 Å². The fourth-order valence-corrected chi connectivity index (χ4v) is 2.63. The minimum atomic E-state index is -0.606. The van der Waals surface area contributed by atoms with Crippen LogP contribution in [0.3, 0.4) is 0 Å². The Balaban J connectivity index is 1.69. The molecule has 86 valence electrons. The lowest BCUT2D eigenvalue weighted by molar-refractivity contribution is -0.143. The maximum absolute atomic E-state index is 10.9. The van der Waals surface area contributed by atoms with Crippen LogP contribution in [0.15, 0.2) is 0 Å². The van der Waals surface area contributed by atoms with Crippen molar-refractivity contribution in [3.8, 4) is 0 Å². The Labute approximate surface area is 91.2 Å². The van der Waals surface area contributed by atoms with E-state index in [0.29, 0.717) is 6.04 Å². The first-order chi connectivity index (χ1) is 7.25. The van der Waals surface area contributed by atoms with E-state index in [-0.39, 0.29) is 5.92 Å². The Morgan fingerprint density at radius 1 is 1.20 bits per heavy atom. The van der Waals surface area contributed by atoms with Crippen molar-refractivity contribution >= 4 is 5.97 Å². The van der Waals surface area contributed by atoms with Crippen LogP contribution in [-0.2, 0) is 4.79 Å². The van der Waals surface area contributed by atoms with Gasteiger partial charge in [0.05, 0.1) is 5.92 Å². The van der Waals surface area contributed by atoms with Crippen molar-refractivity contribution in [3.05, 3.63) is 0 Å². The number of aliphatic carboxylic acids is 1. The average molecular weight is 211 g/mol. The Hall–Kier alpha value is -0.570. The number of hydrogen-bond donors (Lipinski definition) is 2. The maximum Gasteiger partial charge on any atom is 0.306 e. The molecule has 0 aromatic rings. The summed E-state index contributed by atoms with van der Waals surface area (Å²) in [4.78, 5) is 10.9. The highest BCUT2D eigenvalue weighted by molar-refractivity contribution is 5.70. The monoisotopic (exact) mass is 211 g/mol. The molecule has 2 saturated carbocycles. The smallest absolute Gasteiger partial charge is 0.306 e. The zero-order valence-electron chi connectivity index (χ0n) is 9.24. The molecule has 0 radical (unpaired) electrons. The molecule has 0 saturated heterocycles. The summed E-state index contributed by atoms with van der Waals surface area (Å²) in [6.07, 6.45) is 8.05. The van der Waals surface area contributed by atoms with Crippen molar-refractivity contribution < 1.29 is 9.90 Å². The molecule has 15 heavy (non-hydrogen) atoms. The van der Waals surface area contributed by atoms with Crippen LogP contribution in [0.2, 0.25) is 0 Å². The van der Waals surface area contributed by atoms with E-state index in [4.69, 9.17) is 5.11 Å². The summed E-state index contributed by atoms with van der Waals surface area (Å²) in [5.74, 6) is 0.165. The van der Waals surface area contributed by atoms with Gasteiger partial charge in [-0.3, -0.25) is 4.79 Å². The van der Waals surface area contributed by atoms with Gasteiger partial charge in [0.2, 0.25) is 0 Å². The molecule has 0 spiro atoms. The predicted octanol–water partition coefficient (Wildman–Crippen LogP) is 2.02. The number of rotatable bonds is 4. The molecular formula is C12H21NO2. The molecule has 0 bridgehead atoms. The van der Waals surface area contributed by atoms with Crippen molar-refractivity contribution in [3.63, 3.8) is 0 Å². The van der Waals surface area contributed by atoms with Gasteiger partial charge in [0.25, 0.3) is 0 Å². The van der Waals surface area contributed by atoms with Crippen molar-refractivity contribution in [2.24, 2.45) is 11.8 Å². The molecule has 3 nitrogen and oxygen atoms in total. The Kier molecular flexibility index (Phi) is 3.62. The molecule has 2 unspecified atom stereocenters. The van der Waals surface area contributed by atoms with E-state index in [1.54, 1.807) is 0 Å². The topological polar surface area (TPSA) is 49.3 Å². The quantitative estimate of drug-likeness (QED) is 0.748. The van der Waals surface area contributed by atoms with Crippen LogP contribution in [0.25, 0.3) is 0 Å². The second-order valence-electron chi connectivity index (χ2n) is 5.10. The van der Waals surface area contributed by atoms with Gasteiger partial charge >= 0.3 is 5.97 Å². The van der Waals surface area contributed by atoms with Crippen LogP contribution in [0, 0.1) is 11.8 Å². The summed E-state index contributed by atoms with van der Waals surface area (Å²) < 4.78 is 0. The van der Waals surface area contributed by atoms with Crippen molar-refractivity contribution in [1.82, 2.24) is 5.32 Å². The van der Waals surface area contributed by atoms with Crippen LogP contribution in [0.5, 0.6) is 0 Å². The second-order valence-corrected chi connectivity index (χ2v) is 5.10. The number of carboxylic acids is 1. The zero-order valence-corrected chi connectivity index (χ0v) is 9.24. The fourth-order valence-electron chi connectivity index (χ4n) is 2.63. The first-order valence-electron chi connectivity index (χ1n) is 6.22. The summed E-state index contributed by atoms with van der Waals surface area (Å²) in [5.41, 5.74) is 0. The first kappa shape index (κ1) is 10.9. The fraction of sp³-hybridized carbons (Fsp3) is 0.917.